The number of carboxylic acids is 1. The maximum Gasteiger partial charge on any atom is 0.336 e. The Morgan fingerprint density at radius 1 is 1.12 bits per heavy atom. The zero-order valence-electron chi connectivity index (χ0n) is 17.1. The highest BCUT2D eigenvalue weighted by Gasteiger charge is 2.19. The van der Waals surface area contributed by atoms with Crippen molar-refractivity contribution in [3.8, 4) is 27.7 Å². The van der Waals surface area contributed by atoms with E-state index in [-0.39, 0.29) is 12.5 Å². The van der Waals surface area contributed by atoms with Crippen LogP contribution in [0, 0.1) is 12.7 Å². The monoisotopic (exact) mass is 471 g/mol. The number of carboxylic acid groups (broad SMARTS) is 1. The van der Waals surface area contributed by atoms with E-state index in [1.807, 2.05) is 6.92 Å². The van der Waals surface area contributed by atoms with Crippen LogP contribution in [-0.4, -0.2) is 26.0 Å². The van der Waals surface area contributed by atoms with Crippen molar-refractivity contribution < 1.29 is 27.8 Å². The van der Waals surface area contributed by atoms with Crippen molar-refractivity contribution in [2.45, 2.75) is 20.0 Å². The van der Waals surface area contributed by atoms with Gasteiger partial charge >= 0.3 is 5.97 Å². The van der Waals surface area contributed by atoms with E-state index in [9.17, 15) is 18.0 Å². The predicted molar refractivity (Wildman–Crippen MR) is 116 cm³/mol. The molecule has 3 aromatic heterocycles. The Bertz CT molecular complexity index is 1310. The number of aryl methyl sites for hydroxylation is 1. The average molecular weight is 471 g/mol. The number of rotatable bonds is 7. The van der Waals surface area contributed by atoms with Gasteiger partial charge in [0.25, 0.3) is 6.43 Å². The number of halogens is 3. The summed E-state index contributed by atoms with van der Waals surface area (Å²) in [4.78, 5) is 24.9. The van der Waals surface area contributed by atoms with Crippen LogP contribution in [0.1, 0.15) is 33.0 Å². The number of aromatic carboxylic acids is 1. The number of aromatic nitrogens is 3. The molecule has 1 N–H and O–H groups in total. The molecule has 6 nitrogen and oxygen atoms in total. The lowest BCUT2D eigenvalue weighted by atomic mass is 10.0. The number of nitrogens with zero attached hydrogens (tertiary/aromatic N) is 3. The van der Waals surface area contributed by atoms with Gasteiger partial charge in [-0.05, 0) is 37.3 Å². The Labute approximate surface area is 190 Å². The summed E-state index contributed by atoms with van der Waals surface area (Å²) in [6.45, 7) is 1.95. The lowest BCUT2D eigenvalue weighted by Gasteiger charge is -2.09. The molecule has 168 valence electrons. The summed E-state index contributed by atoms with van der Waals surface area (Å²) in [6.07, 6.45) is -1.87. The number of thiazole rings is 1. The molecule has 3 heterocycles. The van der Waals surface area contributed by atoms with Crippen LogP contribution in [0.3, 0.4) is 0 Å². The van der Waals surface area contributed by atoms with Gasteiger partial charge in [0.1, 0.15) is 17.4 Å². The number of pyridine rings is 2. The van der Waals surface area contributed by atoms with E-state index < -0.39 is 29.3 Å². The minimum atomic E-state index is -2.93. The first-order valence-electron chi connectivity index (χ1n) is 9.65. The second-order valence-electron chi connectivity index (χ2n) is 6.94. The third-order valence-electron chi connectivity index (χ3n) is 4.68. The Kier molecular flexibility index (Phi) is 6.36. The first-order chi connectivity index (χ1) is 15.8. The van der Waals surface area contributed by atoms with Gasteiger partial charge in [-0.1, -0.05) is 12.1 Å². The smallest absolute Gasteiger partial charge is 0.336 e. The molecule has 0 amide bonds. The molecule has 33 heavy (non-hydrogen) atoms. The second-order valence-corrected chi connectivity index (χ2v) is 8.03. The fourth-order valence-corrected chi connectivity index (χ4v) is 4.10. The van der Waals surface area contributed by atoms with E-state index in [2.05, 4.69) is 15.0 Å². The zero-order chi connectivity index (χ0) is 23.5. The maximum atomic E-state index is 13.4. The number of hydrogen-bond donors (Lipinski definition) is 1. The summed E-state index contributed by atoms with van der Waals surface area (Å²) in [5.41, 5.74) is 1.11. The molecule has 0 atom stereocenters. The van der Waals surface area contributed by atoms with Crippen LogP contribution in [0.4, 0.5) is 13.2 Å². The van der Waals surface area contributed by atoms with Crippen molar-refractivity contribution in [1.82, 2.24) is 15.0 Å². The summed E-state index contributed by atoms with van der Waals surface area (Å²) in [7, 11) is 0. The molecule has 0 unspecified atom stereocenters. The molecule has 0 radical (unpaired) electrons. The predicted octanol–water partition coefficient (Wildman–Crippen LogP) is 5.93. The van der Waals surface area contributed by atoms with Crippen molar-refractivity contribution in [2.24, 2.45) is 0 Å². The standard InChI is InChI=1S/C23H16F3N3O3S/c1-12-21(33-20(28-12)11-32-19-8-6-14(24)10-27-19)18-4-2-3-17(29-18)13-5-7-15(23(30)31)16(9-13)22(25)26/h2-10,22H,11H2,1H3,(H,30,31). The number of hydrogen-bond acceptors (Lipinski definition) is 6. The SMILES string of the molecule is Cc1nc(COc2ccc(F)cn2)sc1-c1cccc(-c2ccc(C(=O)O)c(C(F)F)c2)n1. The van der Waals surface area contributed by atoms with Gasteiger partial charge in [-0.2, -0.15) is 0 Å². The number of ether oxygens (including phenoxy) is 1. The Hall–Kier alpha value is -3.79. The van der Waals surface area contributed by atoms with Gasteiger partial charge < -0.3 is 9.84 Å². The summed E-state index contributed by atoms with van der Waals surface area (Å²) in [6, 6.07) is 11.6. The van der Waals surface area contributed by atoms with Gasteiger partial charge in [0.05, 0.1) is 33.7 Å². The van der Waals surface area contributed by atoms with Crippen molar-refractivity contribution in [2.75, 3.05) is 0 Å². The molecule has 10 heteroatoms. The van der Waals surface area contributed by atoms with Gasteiger partial charge in [-0.25, -0.2) is 32.9 Å². The lowest BCUT2D eigenvalue weighted by molar-refractivity contribution is 0.0684. The van der Waals surface area contributed by atoms with Gasteiger partial charge in [0, 0.05) is 17.2 Å². The Morgan fingerprint density at radius 2 is 1.91 bits per heavy atom. The minimum Gasteiger partial charge on any atom is -0.478 e. The van der Waals surface area contributed by atoms with Crippen LogP contribution in [0.25, 0.3) is 21.8 Å². The van der Waals surface area contributed by atoms with E-state index in [4.69, 9.17) is 9.84 Å². The van der Waals surface area contributed by atoms with Crippen LogP contribution >= 0.6 is 11.3 Å². The Morgan fingerprint density at radius 3 is 2.61 bits per heavy atom. The molecule has 0 saturated carbocycles. The van der Waals surface area contributed by atoms with E-state index in [0.717, 1.165) is 23.2 Å². The molecular formula is C23H16F3N3O3S. The third-order valence-corrected chi connectivity index (χ3v) is 5.83. The van der Waals surface area contributed by atoms with Crippen LogP contribution in [-0.2, 0) is 6.61 Å². The molecule has 0 aliphatic heterocycles. The molecule has 4 aromatic rings. The normalized spacial score (nSPS) is 11.1. The maximum absolute atomic E-state index is 13.4. The van der Waals surface area contributed by atoms with Crippen molar-refractivity contribution in [1.29, 1.82) is 0 Å². The van der Waals surface area contributed by atoms with Gasteiger partial charge in [0.15, 0.2) is 0 Å². The van der Waals surface area contributed by atoms with Crippen molar-refractivity contribution in [3.63, 3.8) is 0 Å². The largest absolute Gasteiger partial charge is 0.478 e. The summed E-state index contributed by atoms with van der Waals surface area (Å²) < 4.78 is 45.3. The highest BCUT2D eigenvalue weighted by atomic mass is 32.1. The highest BCUT2D eigenvalue weighted by molar-refractivity contribution is 7.15. The van der Waals surface area contributed by atoms with E-state index in [1.165, 1.54) is 29.5 Å². The fourth-order valence-electron chi connectivity index (χ4n) is 3.15. The quantitative estimate of drug-likeness (QED) is 0.360. The van der Waals surface area contributed by atoms with Crippen LogP contribution < -0.4 is 4.74 Å². The number of carbonyl (C=O) groups is 1. The van der Waals surface area contributed by atoms with Crippen LogP contribution in [0.15, 0.2) is 54.7 Å². The highest BCUT2D eigenvalue weighted by Crippen LogP contribution is 2.32. The first kappa shape index (κ1) is 22.4. The van der Waals surface area contributed by atoms with Gasteiger partial charge in [-0.15, -0.1) is 11.3 Å². The summed E-state index contributed by atoms with van der Waals surface area (Å²) in [5.74, 6) is -1.60. The lowest BCUT2D eigenvalue weighted by Crippen LogP contribution is -2.03. The van der Waals surface area contributed by atoms with Crippen molar-refractivity contribution >= 4 is 17.3 Å². The van der Waals surface area contributed by atoms with Crippen molar-refractivity contribution in [3.05, 3.63) is 82.4 Å². The molecule has 0 saturated heterocycles. The minimum absolute atomic E-state index is 0.137. The van der Waals surface area contributed by atoms with E-state index in [0.29, 0.717) is 27.7 Å². The molecule has 0 bridgehead atoms. The molecule has 0 spiro atoms. The van der Waals surface area contributed by atoms with E-state index in [1.54, 1.807) is 18.2 Å². The van der Waals surface area contributed by atoms with E-state index >= 15 is 0 Å². The Balaban J connectivity index is 1.60. The number of benzene rings is 1. The van der Waals surface area contributed by atoms with Crippen LogP contribution in [0.2, 0.25) is 0 Å². The third kappa shape index (κ3) is 5.01. The molecule has 0 fully saturated rings. The topological polar surface area (TPSA) is 85.2 Å². The second kappa shape index (κ2) is 9.37. The van der Waals surface area contributed by atoms with Gasteiger partial charge in [-0.3, -0.25) is 0 Å². The molecule has 1 aromatic carbocycles. The summed E-state index contributed by atoms with van der Waals surface area (Å²) in [5, 5.41) is 9.80. The zero-order valence-corrected chi connectivity index (χ0v) is 17.9. The summed E-state index contributed by atoms with van der Waals surface area (Å²) >= 11 is 1.36. The first-order valence-corrected chi connectivity index (χ1v) is 10.5. The molecule has 4 rings (SSSR count). The van der Waals surface area contributed by atoms with Gasteiger partial charge in [0.2, 0.25) is 5.88 Å². The molecular weight excluding hydrogens is 455 g/mol. The molecule has 0 aliphatic carbocycles. The average Bonchev–Trinajstić information content (AvgIpc) is 3.18. The van der Waals surface area contributed by atoms with Crippen LogP contribution in [0.5, 0.6) is 5.88 Å². The molecule has 0 aliphatic rings. The number of alkyl halides is 2. The fraction of sp³-hybridized carbons (Fsp3) is 0.130.